The number of rotatable bonds is 21. The van der Waals surface area contributed by atoms with E-state index in [1.165, 1.54) is 44.2 Å². The van der Waals surface area contributed by atoms with Gasteiger partial charge < -0.3 is 79.2 Å². The number of phenols is 2. The number of aromatic hydroxyl groups is 2. The van der Waals surface area contributed by atoms with Gasteiger partial charge in [-0.25, -0.2) is 19.3 Å². The smallest absolute Gasteiger partial charge is 0.274 e. The number of benzene rings is 1. The lowest BCUT2D eigenvalue weighted by Gasteiger charge is -2.36. The van der Waals surface area contributed by atoms with Gasteiger partial charge in [-0.05, 0) is 23.8 Å². The molecule has 2 unspecified atom stereocenters. The van der Waals surface area contributed by atoms with Crippen LogP contribution < -0.4 is 35.9 Å². The molecule has 8 N–H and O–H groups in total. The third kappa shape index (κ3) is 14.1. The second-order valence-electron chi connectivity index (χ2n) is 13.2. The Morgan fingerprint density at radius 3 is 2.43 bits per heavy atom. The van der Waals surface area contributed by atoms with Crippen LogP contribution in [0.3, 0.4) is 0 Å². The molecule has 1 saturated heterocycles. The molecular formula is C30H38N7O19P3S-4. The number of carbonyl (C=O) groups is 3. The minimum absolute atomic E-state index is 0.0319. The van der Waals surface area contributed by atoms with Crippen molar-refractivity contribution < 1.29 is 90.7 Å². The quantitative estimate of drug-likeness (QED) is 0.0247. The van der Waals surface area contributed by atoms with Gasteiger partial charge >= 0.3 is 0 Å². The van der Waals surface area contributed by atoms with E-state index in [2.05, 4.69) is 43.5 Å². The van der Waals surface area contributed by atoms with Crippen molar-refractivity contribution in [3.63, 3.8) is 0 Å². The number of aromatic nitrogens is 4. The van der Waals surface area contributed by atoms with E-state index < -0.39 is 84.6 Å². The Balaban J connectivity index is 1.20. The first-order valence-electron chi connectivity index (χ1n) is 17.1. The Morgan fingerprint density at radius 1 is 1.05 bits per heavy atom. The molecule has 7 atom stereocenters. The predicted molar refractivity (Wildman–Crippen MR) is 197 cm³/mol. The molecule has 3 aromatic rings. The molecule has 0 aliphatic carbocycles. The highest BCUT2D eigenvalue weighted by atomic mass is 32.2. The van der Waals surface area contributed by atoms with Gasteiger partial charge in [-0.1, -0.05) is 37.8 Å². The van der Waals surface area contributed by atoms with Gasteiger partial charge in [0.15, 0.2) is 29.2 Å². The van der Waals surface area contributed by atoms with Crippen molar-refractivity contribution in [1.82, 2.24) is 30.2 Å². The molecule has 0 bridgehead atoms. The maximum Gasteiger partial charge on any atom is 0.274 e. The molecule has 0 radical (unpaired) electrons. The van der Waals surface area contributed by atoms with Gasteiger partial charge in [0, 0.05) is 30.7 Å². The topological polar surface area (TPSA) is 415 Å². The van der Waals surface area contributed by atoms with Crippen LogP contribution in [0, 0.1) is 5.41 Å². The molecule has 2 aromatic heterocycles. The second kappa shape index (κ2) is 20.3. The zero-order valence-electron chi connectivity index (χ0n) is 31.2. The van der Waals surface area contributed by atoms with E-state index in [4.69, 9.17) is 10.5 Å². The molecule has 60 heavy (non-hydrogen) atoms. The number of anilines is 1. The number of aliphatic hydroxyl groups excluding tert-OH is 2. The van der Waals surface area contributed by atoms with Crippen molar-refractivity contribution in [2.24, 2.45) is 5.41 Å². The van der Waals surface area contributed by atoms with Crippen LogP contribution in [-0.4, -0.2) is 113 Å². The van der Waals surface area contributed by atoms with Crippen molar-refractivity contribution in [1.29, 1.82) is 0 Å². The van der Waals surface area contributed by atoms with E-state index in [1.807, 2.05) is 0 Å². The van der Waals surface area contributed by atoms with E-state index in [0.29, 0.717) is 5.56 Å². The third-order valence-electron chi connectivity index (χ3n) is 8.13. The van der Waals surface area contributed by atoms with Crippen molar-refractivity contribution >= 4 is 75.2 Å². The zero-order valence-corrected chi connectivity index (χ0v) is 34.7. The minimum atomic E-state index is -5.94. The van der Waals surface area contributed by atoms with Gasteiger partial charge in [0.25, 0.3) is 15.6 Å². The van der Waals surface area contributed by atoms with Crippen molar-refractivity contribution in [2.75, 3.05) is 37.8 Å². The monoisotopic (exact) mass is 925 g/mol. The largest absolute Gasteiger partial charge is 0.790 e. The number of carbonyl (C=O) groups excluding carboxylic acids is 3. The van der Waals surface area contributed by atoms with Gasteiger partial charge in [-0.3, -0.25) is 28.1 Å². The summed E-state index contributed by atoms with van der Waals surface area (Å²) in [5, 5.41) is 44.6. The number of nitrogens with one attached hydrogen (secondary N) is 2. The van der Waals surface area contributed by atoms with E-state index in [1.54, 1.807) is 0 Å². The predicted octanol–water partition coefficient (Wildman–Crippen LogP) is -2.74. The standard InChI is InChI=1S/C30H42N7O19P3S/c1-30(2,25(43)28(44)33-8-7-20(40)32-9-10-60-21(41)6-4-16-3-5-17(38)18(39)11-16)13-53-59(50,51)56-58(48,49)52-12-19-24(55-57(45,46)47)23(42)29(54-19)37-15-36-22-26(31)34-14-35-27(22)37/h3-6,11,14-15,19,23-25,29,38-39,42-43H,7-10,12-13H2,1-2H3,(H,32,40)(H,33,44)(H,48,49)(H,50,51)(H2,31,34,35)(H2,45,46,47)/p-4/t19-,23-,24-,25+,29-/m1/s1. The fourth-order valence-corrected chi connectivity index (χ4v) is 8.42. The number of ether oxygens (including phenoxy) is 1. The van der Waals surface area contributed by atoms with Crippen molar-refractivity contribution in [2.45, 2.75) is 50.9 Å². The lowest BCUT2D eigenvalue weighted by atomic mass is 9.87. The first-order valence-corrected chi connectivity index (χ1v) is 22.4. The van der Waals surface area contributed by atoms with Crippen LogP contribution in [0.25, 0.3) is 17.2 Å². The Bertz CT molecular complexity index is 2210. The zero-order chi connectivity index (χ0) is 44.6. The van der Waals surface area contributed by atoms with Crippen molar-refractivity contribution in [3.8, 4) is 11.5 Å². The second-order valence-corrected chi connectivity index (χ2v) is 18.4. The number of aliphatic hydroxyl groups is 2. The number of nitrogens with zero attached hydrogens (tertiary/aromatic N) is 4. The lowest BCUT2D eigenvalue weighted by molar-refractivity contribution is -0.347. The van der Waals surface area contributed by atoms with Gasteiger partial charge in [0.1, 0.15) is 36.3 Å². The van der Waals surface area contributed by atoms with E-state index in [-0.39, 0.29) is 58.9 Å². The van der Waals surface area contributed by atoms with Crippen LogP contribution in [-0.2, 0) is 50.7 Å². The number of phosphoric ester groups is 3. The SMILES string of the molecule is CC(C)(COP(=O)([O-])OP(=O)([O-])OC[C@H]1O[C@@H](n2cnc3c(N)ncnc32)[C@H](O)[C@@H]1OP(=O)([O-])[O-])[C@@H](O)C(=O)NCCC(=O)NCCSC(=O)C=Cc1ccc(O)c(O)c1. The van der Waals surface area contributed by atoms with Gasteiger partial charge in [0.05, 0.1) is 27.4 Å². The number of amides is 2. The van der Waals surface area contributed by atoms with Crippen LogP contribution in [0.5, 0.6) is 11.5 Å². The molecule has 30 heteroatoms. The van der Waals surface area contributed by atoms with Gasteiger partial charge in [-0.15, -0.1) is 0 Å². The summed E-state index contributed by atoms with van der Waals surface area (Å²) >= 11 is 0.886. The first kappa shape index (κ1) is 48.8. The summed E-state index contributed by atoms with van der Waals surface area (Å²) in [6, 6.07) is 4.00. The number of phosphoric acid groups is 3. The molecule has 26 nitrogen and oxygen atoms in total. The number of thioether (sulfide) groups is 1. The van der Waals surface area contributed by atoms with Crippen LogP contribution in [0.4, 0.5) is 5.82 Å². The number of phenolic OH excluding ortho intramolecular Hbond substituents is 2. The molecule has 1 aliphatic heterocycles. The minimum Gasteiger partial charge on any atom is -0.790 e. The first-order chi connectivity index (χ1) is 27.9. The Hall–Kier alpha value is -3.88. The maximum atomic E-state index is 12.6. The summed E-state index contributed by atoms with van der Waals surface area (Å²) in [5.41, 5.74) is 4.48. The summed E-state index contributed by atoms with van der Waals surface area (Å²) in [7, 11) is -17.7. The Labute approximate surface area is 343 Å². The molecule has 1 aromatic carbocycles. The summed E-state index contributed by atoms with van der Waals surface area (Å²) in [5.74, 6) is -2.13. The highest BCUT2D eigenvalue weighted by Crippen LogP contribution is 2.56. The molecule has 2 amide bonds. The average molecular weight is 926 g/mol. The van der Waals surface area contributed by atoms with E-state index in [9.17, 15) is 68.1 Å². The molecule has 1 aliphatic rings. The highest BCUT2D eigenvalue weighted by Gasteiger charge is 2.47. The number of nitrogen functional groups attached to an aromatic ring is 1. The summed E-state index contributed by atoms with van der Waals surface area (Å²) in [6.45, 7) is -0.155. The number of nitrogens with two attached hydrogens (primary N) is 1. The molecule has 3 heterocycles. The Morgan fingerprint density at radius 2 is 1.75 bits per heavy atom. The molecule has 1 fully saturated rings. The van der Waals surface area contributed by atoms with Crippen molar-refractivity contribution in [3.05, 3.63) is 42.5 Å². The molecule has 332 valence electrons. The normalized spacial score (nSPS) is 21.1. The van der Waals surface area contributed by atoms with Crippen LogP contribution in [0.15, 0.2) is 36.9 Å². The van der Waals surface area contributed by atoms with Gasteiger partial charge in [-0.2, -0.15) is 0 Å². The van der Waals surface area contributed by atoms with E-state index >= 15 is 0 Å². The number of hydrogen-bond acceptors (Lipinski definition) is 24. The summed E-state index contributed by atoms with van der Waals surface area (Å²) in [6.07, 6.45) is -5.09. The summed E-state index contributed by atoms with van der Waals surface area (Å²) < 4.78 is 60.5. The maximum absolute atomic E-state index is 12.6. The van der Waals surface area contributed by atoms with Crippen LogP contribution in [0.2, 0.25) is 0 Å². The third-order valence-corrected chi connectivity index (χ3v) is 12.0. The Kier molecular flexibility index (Phi) is 16.5. The van der Waals surface area contributed by atoms with Gasteiger partial charge in [0.2, 0.25) is 16.9 Å². The molecule has 0 spiro atoms. The number of fused-ring (bicyclic) bond motifs is 1. The fourth-order valence-electron chi connectivity index (χ4n) is 5.12. The molecule has 0 saturated carbocycles. The van der Waals surface area contributed by atoms with Crippen LogP contribution >= 0.6 is 35.2 Å². The lowest BCUT2D eigenvalue weighted by Crippen LogP contribution is -2.46. The fraction of sp³-hybridized carbons (Fsp3) is 0.467. The average Bonchev–Trinajstić information content (AvgIpc) is 3.71. The summed E-state index contributed by atoms with van der Waals surface area (Å²) in [4.78, 5) is 96.2. The number of hydrogen-bond donors (Lipinski definition) is 7. The molecular weight excluding hydrogens is 887 g/mol. The number of imidazole rings is 1. The molecule has 4 rings (SSSR count). The highest BCUT2D eigenvalue weighted by molar-refractivity contribution is 8.14. The van der Waals surface area contributed by atoms with E-state index in [0.717, 1.165) is 29.0 Å². The van der Waals surface area contributed by atoms with Crippen LogP contribution in [0.1, 0.15) is 32.1 Å².